The summed E-state index contributed by atoms with van der Waals surface area (Å²) in [5.74, 6) is 0.179. The van der Waals surface area contributed by atoms with Gasteiger partial charge in [-0.25, -0.2) is 19.3 Å². The maximum atomic E-state index is 13.3. The molecule has 0 saturated heterocycles. The lowest BCUT2D eigenvalue weighted by molar-refractivity contribution is 0.628. The minimum absolute atomic E-state index is 0.270. The van der Waals surface area contributed by atoms with Crippen LogP contribution in [0.4, 0.5) is 10.2 Å². The molecule has 0 amide bonds. The average molecular weight is 372 g/mol. The Labute approximate surface area is 158 Å². The van der Waals surface area contributed by atoms with E-state index < -0.39 is 0 Å². The minimum Gasteiger partial charge on any atom is -0.382 e. The standard InChI is InChI=1S/C21H13FN4S/c22-14-8-6-13(7-9-14)16-10-15(12-4-2-1-3-5-12)17-18-19(27-21(17)26-16)20(23)25-11-24-18/h1-11H,(H2,23,24,25). The zero-order valence-corrected chi connectivity index (χ0v) is 14.9. The molecule has 5 aromatic rings. The Bertz CT molecular complexity index is 1280. The van der Waals surface area contributed by atoms with Gasteiger partial charge in [-0.2, -0.15) is 0 Å². The highest BCUT2D eigenvalue weighted by molar-refractivity contribution is 7.26. The zero-order chi connectivity index (χ0) is 18.4. The Kier molecular flexibility index (Phi) is 3.58. The van der Waals surface area contributed by atoms with E-state index in [1.165, 1.54) is 29.8 Å². The summed E-state index contributed by atoms with van der Waals surface area (Å²) in [5, 5.41) is 0.959. The Morgan fingerprint density at radius 3 is 2.44 bits per heavy atom. The number of rotatable bonds is 2. The number of hydrogen-bond acceptors (Lipinski definition) is 5. The van der Waals surface area contributed by atoms with Crippen LogP contribution in [-0.2, 0) is 0 Å². The molecule has 6 heteroatoms. The number of anilines is 1. The van der Waals surface area contributed by atoms with E-state index in [0.717, 1.165) is 42.8 Å². The van der Waals surface area contributed by atoms with Gasteiger partial charge >= 0.3 is 0 Å². The van der Waals surface area contributed by atoms with Crippen molar-refractivity contribution in [1.29, 1.82) is 0 Å². The first kappa shape index (κ1) is 15.8. The summed E-state index contributed by atoms with van der Waals surface area (Å²) in [7, 11) is 0. The molecular formula is C21H13FN4S. The number of nitrogens with two attached hydrogens (primary N) is 1. The van der Waals surface area contributed by atoms with Crippen molar-refractivity contribution < 1.29 is 4.39 Å². The summed E-state index contributed by atoms with van der Waals surface area (Å²) in [6.07, 6.45) is 1.48. The van der Waals surface area contributed by atoms with E-state index in [2.05, 4.69) is 22.1 Å². The predicted molar refractivity (Wildman–Crippen MR) is 108 cm³/mol. The Morgan fingerprint density at radius 2 is 1.67 bits per heavy atom. The van der Waals surface area contributed by atoms with Crippen molar-refractivity contribution in [1.82, 2.24) is 15.0 Å². The molecule has 0 spiro atoms. The highest BCUT2D eigenvalue weighted by Crippen LogP contribution is 2.41. The predicted octanol–water partition coefficient (Wildman–Crippen LogP) is 5.29. The molecule has 2 aromatic carbocycles. The van der Waals surface area contributed by atoms with Gasteiger partial charge in [0.1, 0.15) is 22.8 Å². The molecule has 0 bridgehead atoms. The maximum Gasteiger partial charge on any atom is 0.144 e. The number of thiophene rings is 1. The van der Waals surface area contributed by atoms with Crippen LogP contribution in [-0.4, -0.2) is 15.0 Å². The van der Waals surface area contributed by atoms with Crippen LogP contribution in [0.2, 0.25) is 0 Å². The molecule has 0 aliphatic rings. The molecule has 0 saturated carbocycles. The van der Waals surface area contributed by atoms with Crippen molar-refractivity contribution in [3.05, 3.63) is 72.8 Å². The van der Waals surface area contributed by atoms with Crippen LogP contribution in [0, 0.1) is 5.82 Å². The fourth-order valence-electron chi connectivity index (χ4n) is 3.20. The number of fused-ring (bicyclic) bond motifs is 3. The fraction of sp³-hybridized carbons (Fsp3) is 0. The normalized spacial score (nSPS) is 11.3. The molecule has 5 rings (SSSR count). The molecule has 4 nitrogen and oxygen atoms in total. The Balaban J connectivity index is 1.89. The number of nitrogens with zero attached hydrogens (tertiary/aromatic N) is 3. The summed E-state index contributed by atoms with van der Waals surface area (Å²) in [5.41, 5.74) is 10.6. The van der Waals surface area contributed by atoms with E-state index in [1.807, 2.05) is 24.3 Å². The van der Waals surface area contributed by atoms with E-state index >= 15 is 0 Å². The van der Waals surface area contributed by atoms with E-state index in [4.69, 9.17) is 10.7 Å². The third kappa shape index (κ3) is 2.62. The summed E-state index contributed by atoms with van der Waals surface area (Å²) in [6.45, 7) is 0. The van der Waals surface area contributed by atoms with Gasteiger partial charge in [0.05, 0.1) is 15.9 Å². The quantitative estimate of drug-likeness (QED) is 0.457. The zero-order valence-electron chi connectivity index (χ0n) is 14.1. The first-order chi connectivity index (χ1) is 13.2. The van der Waals surface area contributed by atoms with Gasteiger partial charge in [0.15, 0.2) is 0 Å². The van der Waals surface area contributed by atoms with Gasteiger partial charge in [-0.3, -0.25) is 0 Å². The second-order valence-electron chi connectivity index (χ2n) is 6.15. The lowest BCUT2D eigenvalue weighted by Crippen LogP contribution is -1.91. The number of halogens is 1. The van der Waals surface area contributed by atoms with Crippen molar-refractivity contribution in [3.63, 3.8) is 0 Å². The molecule has 0 fully saturated rings. The van der Waals surface area contributed by atoms with Crippen molar-refractivity contribution in [2.24, 2.45) is 0 Å². The minimum atomic E-state index is -0.270. The number of hydrogen-bond donors (Lipinski definition) is 1. The molecule has 0 atom stereocenters. The SMILES string of the molecule is Nc1ncnc2c1sc1nc(-c3ccc(F)cc3)cc(-c3ccccc3)c12. The summed E-state index contributed by atoms with van der Waals surface area (Å²) < 4.78 is 14.2. The molecule has 0 aliphatic heterocycles. The second-order valence-corrected chi connectivity index (χ2v) is 7.15. The molecule has 0 aliphatic carbocycles. The largest absolute Gasteiger partial charge is 0.382 e. The van der Waals surface area contributed by atoms with Crippen molar-refractivity contribution in [3.8, 4) is 22.4 Å². The third-order valence-electron chi connectivity index (χ3n) is 4.48. The topological polar surface area (TPSA) is 64.7 Å². The monoisotopic (exact) mass is 372 g/mol. The number of aromatic nitrogens is 3. The fourth-order valence-corrected chi connectivity index (χ4v) is 4.26. The van der Waals surface area contributed by atoms with E-state index in [9.17, 15) is 4.39 Å². The van der Waals surface area contributed by atoms with Crippen molar-refractivity contribution in [2.45, 2.75) is 0 Å². The molecule has 3 heterocycles. The lowest BCUT2D eigenvalue weighted by Gasteiger charge is -2.08. The molecule has 130 valence electrons. The van der Waals surface area contributed by atoms with Gasteiger partial charge in [0, 0.05) is 10.9 Å². The molecule has 2 N–H and O–H groups in total. The first-order valence-corrected chi connectivity index (χ1v) is 9.17. The van der Waals surface area contributed by atoms with E-state index in [1.54, 1.807) is 12.1 Å². The first-order valence-electron chi connectivity index (χ1n) is 8.36. The Hall–Kier alpha value is -3.38. The Morgan fingerprint density at radius 1 is 0.889 bits per heavy atom. The van der Waals surface area contributed by atoms with Crippen LogP contribution >= 0.6 is 11.3 Å². The molecule has 0 radical (unpaired) electrons. The lowest BCUT2D eigenvalue weighted by atomic mass is 10.00. The summed E-state index contributed by atoms with van der Waals surface area (Å²) >= 11 is 1.47. The van der Waals surface area contributed by atoms with Gasteiger partial charge in [0.25, 0.3) is 0 Å². The summed E-state index contributed by atoms with van der Waals surface area (Å²) in [4.78, 5) is 14.2. The number of benzene rings is 2. The van der Waals surface area contributed by atoms with Gasteiger partial charge in [-0.05, 0) is 41.5 Å². The molecular weight excluding hydrogens is 359 g/mol. The van der Waals surface area contributed by atoms with Gasteiger partial charge in [-0.15, -0.1) is 11.3 Å². The van der Waals surface area contributed by atoms with Gasteiger partial charge < -0.3 is 5.73 Å². The third-order valence-corrected chi connectivity index (χ3v) is 5.57. The second kappa shape index (κ2) is 6.10. The molecule has 27 heavy (non-hydrogen) atoms. The van der Waals surface area contributed by atoms with Crippen LogP contribution < -0.4 is 5.73 Å². The summed E-state index contributed by atoms with van der Waals surface area (Å²) in [6, 6.07) is 18.5. The van der Waals surface area contributed by atoms with Crippen molar-refractivity contribution in [2.75, 3.05) is 5.73 Å². The van der Waals surface area contributed by atoms with Crippen molar-refractivity contribution >= 4 is 37.6 Å². The van der Waals surface area contributed by atoms with Gasteiger partial charge in [-0.1, -0.05) is 30.3 Å². The van der Waals surface area contributed by atoms with Crippen LogP contribution in [0.25, 0.3) is 42.8 Å². The van der Waals surface area contributed by atoms with Crippen LogP contribution in [0.1, 0.15) is 0 Å². The smallest absolute Gasteiger partial charge is 0.144 e. The number of pyridine rings is 1. The van der Waals surface area contributed by atoms with Gasteiger partial charge in [0.2, 0.25) is 0 Å². The highest BCUT2D eigenvalue weighted by atomic mass is 32.1. The highest BCUT2D eigenvalue weighted by Gasteiger charge is 2.17. The molecule has 3 aromatic heterocycles. The number of nitrogen functional groups attached to an aromatic ring is 1. The van der Waals surface area contributed by atoms with E-state index in [0.29, 0.717) is 5.82 Å². The maximum absolute atomic E-state index is 13.3. The van der Waals surface area contributed by atoms with Crippen LogP contribution in [0.3, 0.4) is 0 Å². The van der Waals surface area contributed by atoms with E-state index in [-0.39, 0.29) is 5.82 Å². The molecule has 0 unspecified atom stereocenters. The average Bonchev–Trinajstić information content (AvgIpc) is 3.09. The van der Waals surface area contributed by atoms with Crippen LogP contribution in [0.15, 0.2) is 67.0 Å². The van der Waals surface area contributed by atoms with Crippen LogP contribution in [0.5, 0.6) is 0 Å².